The fourth-order valence-corrected chi connectivity index (χ4v) is 2.76. The molecule has 1 aromatic heterocycles. The van der Waals surface area contributed by atoms with E-state index in [1.807, 2.05) is 13.0 Å². The number of methoxy groups -OCH3 is 1. The van der Waals surface area contributed by atoms with Crippen LogP contribution in [0.5, 0.6) is 5.88 Å². The number of alkyl halides is 1. The molecule has 0 saturated carbocycles. The van der Waals surface area contributed by atoms with Gasteiger partial charge in [0.25, 0.3) is 0 Å². The van der Waals surface area contributed by atoms with Gasteiger partial charge in [0.1, 0.15) is 11.6 Å². The zero-order valence-electron chi connectivity index (χ0n) is 10.3. The molecule has 0 unspecified atom stereocenters. The van der Waals surface area contributed by atoms with Gasteiger partial charge in [-0.05, 0) is 25.7 Å². The van der Waals surface area contributed by atoms with Gasteiger partial charge >= 0.3 is 0 Å². The van der Waals surface area contributed by atoms with Gasteiger partial charge in [0.15, 0.2) is 0 Å². The first-order valence-electron chi connectivity index (χ1n) is 5.93. The van der Waals surface area contributed by atoms with E-state index < -0.39 is 0 Å². The molecule has 17 heavy (non-hydrogen) atoms. The lowest BCUT2D eigenvalue weighted by Gasteiger charge is -2.32. The number of aromatic nitrogens is 2. The van der Waals surface area contributed by atoms with Gasteiger partial charge in [-0.25, -0.2) is 4.98 Å². The molecule has 0 aliphatic carbocycles. The second kappa shape index (κ2) is 5.67. The number of anilines is 1. The number of piperidine rings is 1. The molecular formula is C12H18BrN3O. The lowest BCUT2D eigenvalue weighted by molar-refractivity contribution is 0.394. The van der Waals surface area contributed by atoms with Crippen LogP contribution in [0.25, 0.3) is 0 Å². The largest absolute Gasteiger partial charge is 0.481 e. The number of rotatable bonds is 3. The van der Waals surface area contributed by atoms with E-state index in [9.17, 15) is 0 Å². The number of halogens is 1. The predicted molar refractivity (Wildman–Crippen MR) is 72.1 cm³/mol. The van der Waals surface area contributed by atoms with E-state index in [4.69, 9.17) is 4.74 Å². The van der Waals surface area contributed by atoms with Crippen molar-refractivity contribution in [2.45, 2.75) is 19.8 Å². The first-order valence-corrected chi connectivity index (χ1v) is 7.05. The highest BCUT2D eigenvalue weighted by Crippen LogP contribution is 2.24. The molecule has 0 aromatic carbocycles. The molecule has 1 fully saturated rings. The lowest BCUT2D eigenvalue weighted by Crippen LogP contribution is -2.34. The molecule has 0 spiro atoms. The van der Waals surface area contributed by atoms with Crippen LogP contribution in [0, 0.1) is 12.8 Å². The number of ether oxygens (including phenoxy) is 1. The van der Waals surface area contributed by atoms with Crippen LogP contribution in [-0.4, -0.2) is 35.5 Å². The maximum Gasteiger partial charge on any atom is 0.218 e. The molecule has 0 bridgehead atoms. The second-order valence-electron chi connectivity index (χ2n) is 4.40. The zero-order valence-corrected chi connectivity index (χ0v) is 11.9. The monoisotopic (exact) mass is 299 g/mol. The first kappa shape index (κ1) is 12.6. The van der Waals surface area contributed by atoms with E-state index >= 15 is 0 Å². The highest BCUT2D eigenvalue weighted by Gasteiger charge is 2.20. The molecule has 0 N–H and O–H groups in total. The molecule has 2 heterocycles. The number of hydrogen-bond donors (Lipinski definition) is 0. The van der Waals surface area contributed by atoms with E-state index in [0.717, 1.165) is 36.0 Å². The van der Waals surface area contributed by atoms with E-state index in [0.29, 0.717) is 5.88 Å². The average molecular weight is 300 g/mol. The molecule has 5 heteroatoms. The highest BCUT2D eigenvalue weighted by molar-refractivity contribution is 9.09. The van der Waals surface area contributed by atoms with Crippen LogP contribution in [0.2, 0.25) is 0 Å². The molecule has 94 valence electrons. The van der Waals surface area contributed by atoms with Gasteiger partial charge < -0.3 is 9.64 Å². The van der Waals surface area contributed by atoms with Crippen molar-refractivity contribution >= 4 is 21.7 Å². The molecule has 1 aromatic rings. The quantitative estimate of drug-likeness (QED) is 0.804. The van der Waals surface area contributed by atoms with Crippen molar-refractivity contribution in [3.05, 3.63) is 11.9 Å². The van der Waals surface area contributed by atoms with E-state index in [1.54, 1.807) is 7.11 Å². The van der Waals surface area contributed by atoms with E-state index in [-0.39, 0.29) is 0 Å². The lowest BCUT2D eigenvalue weighted by atomic mass is 9.99. The SMILES string of the molecule is COc1cc(N2CCC(CBr)CC2)nc(C)n1. The predicted octanol–water partition coefficient (Wildman–Crippen LogP) is 2.40. The summed E-state index contributed by atoms with van der Waals surface area (Å²) in [6, 6.07) is 1.92. The van der Waals surface area contributed by atoms with Crippen molar-refractivity contribution in [1.82, 2.24) is 9.97 Å². The molecule has 0 atom stereocenters. The standard InChI is InChI=1S/C12H18BrN3O/c1-9-14-11(7-12(15-9)17-2)16-5-3-10(8-13)4-6-16/h7,10H,3-6,8H2,1-2H3. The normalized spacial score (nSPS) is 17.2. The van der Waals surface area contributed by atoms with Crippen molar-refractivity contribution in [3.8, 4) is 5.88 Å². The fourth-order valence-electron chi connectivity index (χ4n) is 2.11. The van der Waals surface area contributed by atoms with Crippen molar-refractivity contribution in [2.24, 2.45) is 5.92 Å². The van der Waals surface area contributed by atoms with Gasteiger partial charge in [-0.3, -0.25) is 0 Å². The molecule has 2 rings (SSSR count). The molecule has 1 saturated heterocycles. The molecule has 0 radical (unpaired) electrons. The third kappa shape index (κ3) is 3.09. The third-order valence-electron chi connectivity index (χ3n) is 3.17. The summed E-state index contributed by atoms with van der Waals surface area (Å²) in [5, 5.41) is 1.10. The van der Waals surface area contributed by atoms with Crippen molar-refractivity contribution in [3.63, 3.8) is 0 Å². The van der Waals surface area contributed by atoms with Crippen LogP contribution in [0.15, 0.2) is 6.07 Å². The summed E-state index contributed by atoms with van der Waals surface area (Å²) in [6.45, 7) is 4.03. The molecule has 0 amide bonds. The van der Waals surface area contributed by atoms with Gasteiger partial charge in [0, 0.05) is 24.5 Å². The topological polar surface area (TPSA) is 38.2 Å². The zero-order chi connectivity index (χ0) is 12.3. The summed E-state index contributed by atoms with van der Waals surface area (Å²) in [7, 11) is 1.64. The Hall–Kier alpha value is -0.840. The summed E-state index contributed by atoms with van der Waals surface area (Å²) in [5.74, 6) is 3.20. The van der Waals surface area contributed by atoms with Gasteiger partial charge in [0.05, 0.1) is 7.11 Å². The van der Waals surface area contributed by atoms with Crippen LogP contribution < -0.4 is 9.64 Å². The Morgan fingerprint density at radius 3 is 2.71 bits per heavy atom. The number of aryl methyl sites for hydroxylation is 1. The van der Waals surface area contributed by atoms with Gasteiger partial charge in [-0.1, -0.05) is 15.9 Å². The maximum absolute atomic E-state index is 5.18. The van der Waals surface area contributed by atoms with E-state index in [2.05, 4.69) is 30.8 Å². The van der Waals surface area contributed by atoms with Crippen LogP contribution in [0.4, 0.5) is 5.82 Å². The summed E-state index contributed by atoms with van der Waals surface area (Å²) in [4.78, 5) is 11.0. The molecule has 4 nitrogen and oxygen atoms in total. The molecule has 1 aliphatic rings. The van der Waals surface area contributed by atoms with Crippen LogP contribution in [0.3, 0.4) is 0 Å². The van der Waals surface area contributed by atoms with Gasteiger partial charge in [-0.2, -0.15) is 4.98 Å². The number of hydrogen-bond acceptors (Lipinski definition) is 4. The average Bonchev–Trinajstić information content (AvgIpc) is 2.38. The summed E-state index contributed by atoms with van der Waals surface area (Å²) >= 11 is 3.56. The van der Waals surface area contributed by atoms with Gasteiger partial charge in [0.2, 0.25) is 5.88 Å². The Morgan fingerprint density at radius 2 is 2.12 bits per heavy atom. The Bertz CT molecular complexity index is 378. The highest BCUT2D eigenvalue weighted by atomic mass is 79.9. The van der Waals surface area contributed by atoms with Gasteiger partial charge in [-0.15, -0.1) is 0 Å². The maximum atomic E-state index is 5.18. The molecule has 1 aliphatic heterocycles. The Morgan fingerprint density at radius 1 is 1.41 bits per heavy atom. The van der Waals surface area contributed by atoms with Crippen molar-refractivity contribution in [2.75, 3.05) is 30.4 Å². The van der Waals surface area contributed by atoms with Crippen LogP contribution in [0.1, 0.15) is 18.7 Å². The van der Waals surface area contributed by atoms with Crippen LogP contribution in [-0.2, 0) is 0 Å². The second-order valence-corrected chi connectivity index (χ2v) is 5.05. The summed E-state index contributed by atoms with van der Waals surface area (Å²) in [5.41, 5.74) is 0. The minimum absolute atomic E-state index is 0.648. The smallest absolute Gasteiger partial charge is 0.218 e. The fraction of sp³-hybridized carbons (Fsp3) is 0.667. The number of nitrogens with zero attached hydrogens (tertiary/aromatic N) is 3. The third-order valence-corrected chi connectivity index (χ3v) is 4.08. The Labute approximate surface area is 111 Å². The molecular weight excluding hydrogens is 282 g/mol. The Kier molecular flexibility index (Phi) is 4.20. The van der Waals surface area contributed by atoms with Crippen molar-refractivity contribution in [1.29, 1.82) is 0 Å². The summed E-state index contributed by atoms with van der Waals surface area (Å²) < 4.78 is 5.18. The Balaban J connectivity index is 2.10. The van der Waals surface area contributed by atoms with E-state index in [1.165, 1.54) is 12.8 Å². The summed E-state index contributed by atoms with van der Waals surface area (Å²) in [6.07, 6.45) is 2.44. The minimum Gasteiger partial charge on any atom is -0.481 e. The minimum atomic E-state index is 0.648. The van der Waals surface area contributed by atoms with Crippen LogP contribution >= 0.6 is 15.9 Å². The first-order chi connectivity index (χ1) is 8.22. The van der Waals surface area contributed by atoms with Crippen molar-refractivity contribution < 1.29 is 4.74 Å².